The number of carbonyl (C=O) groups excluding carboxylic acids is 1. The lowest BCUT2D eigenvalue weighted by atomic mass is 9.72. The van der Waals surface area contributed by atoms with Crippen LogP contribution in [0.4, 0.5) is 0 Å². The molecule has 0 saturated carbocycles. The van der Waals surface area contributed by atoms with E-state index in [4.69, 9.17) is 0 Å². The fourth-order valence-electron chi connectivity index (χ4n) is 4.22. The first kappa shape index (κ1) is 16.3. The minimum Gasteiger partial charge on any atom is -0.346 e. The van der Waals surface area contributed by atoms with E-state index in [1.54, 1.807) is 0 Å². The van der Waals surface area contributed by atoms with Gasteiger partial charge in [0.1, 0.15) is 0 Å². The Morgan fingerprint density at radius 1 is 1.30 bits per heavy atom. The Kier molecular flexibility index (Phi) is 4.10. The van der Waals surface area contributed by atoms with E-state index in [9.17, 15) is 4.79 Å². The quantitative estimate of drug-likeness (QED) is 0.887. The molecular weight excluding hydrogens is 312 g/mol. The van der Waals surface area contributed by atoms with Crippen LogP contribution in [-0.4, -0.2) is 45.7 Å². The van der Waals surface area contributed by atoms with E-state index < -0.39 is 0 Å². The molecule has 5 rings (SSSR count). The number of piperidine rings is 3. The molecule has 2 bridgehead atoms. The molecule has 3 aliphatic rings. The Balaban J connectivity index is 0.00000156. The highest BCUT2D eigenvalue weighted by Gasteiger charge is 2.48. The highest BCUT2D eigenvalue weighted by Crippen LogP contribution is 2.39. The number of fused-ring (bicyclic) bond motifs is 4. The number of rotatable bonds is 2. The number of nitrogens with zero attached hydrogens (tertiary/aromatic N) is 2. The molecular formula is C17H23ClN4O. The topological polar surface area (TPSA) is 61.0 Å². The number of hydrogen-bond donors (Lipinski definition) is 2. The van der Waals surface area contributed by atoms with Crippen LogP contribution in [0.25, 0.3) is 10.9 Å². The molecule has 2 aromatic rings. The van der Waals surface area contributed by atoms with Crippen LogP contribution in [0.15, 0.2) is 24.3 Å². The molecule has 3 saturated heterocycles. The van der Waals surface area contributed by atoms with Crippen LogP contribution in [0.1, 0.15) is 37.2 Å². The minimum absolute atomic E-state index is 0. The van der Waals surface area contributed by atoms with Gasteiger partial charge in [-0.3, -0.25) is 14.8 Å². The van der Waals surface area contributed by atoms with Gasteiger partial charge in [0.15, 0.2) is 5.69 Å². The predicted octanol–water partition coefficient (Wildman–Crippen LogP) is 2.59. The first-order valence-electron chi connectivity index (χ1n) is 8.06. The summed E-state index contributed by atoms with van der Waals surface area (Å²) in [6, 6.07) is 7.95. The molecule has 3 fully saturated rings. The first-order valence-corrected chi connectivity index (χ1v) is 8.06. The standard InChI is InChI=1S/C17H22N4O.ClH/c1-17(2)15(11-7-9-21(17)10-8-11)18-16(22)14-12-5-3-4-6-13(12)19-20-14;/h3-6,11,15H,7-10H2,1-2H3,(H,18,22)(H,19,20);1H/t15-;/m1./s1. The van der Waals surface area contributed by atoms with Gasteiger partial charge in [-0.15, -0.1) is 12.4 Å². The van der Waals surface area contributed by atoms with Crippen molar-refractivity contribution in [3.05, 3.63) is 30.0 Å². The summed E-state index contributed by atoms with van der Waals surface area (Å²) in [4.78, 5) is 15.2. The van der Waals surface area contributed by atoms with Crippen molar-refractivity contribution in [2.24, 2.45) is 5.92 Å². The Morgan fingerprint density at radius 3 is 2.70 bits per heavy atom. The fourth-order valence-corrected chi connectivity index (χ4v) is 4.22. The third-order valence-corrected chi connectivity index (χ3v) is 5.56. The van der Waals surface area contributed by atoms with Gasteiger partial charge in [-0.25, -0.2) is 0 Å². The highest BCUT2D eigenvalue weighted by molar-refractivity contribution is 6.04. The van der Waals surface area contributed by atoms with Gasteiger partial charge in [0.05, 0.1) is 5.52 Å². The molecule has 0 radical (unpaired) electrons. The van der Waals surface area contributed by atoms with Crippen molar-refractivity contribution in [2.45, 2.75) is 38.3 Å². The van der Waals surface area contributed by atoms with Gasteiger partial charge in [-0.05, 0) is 51.8 Å². The van der Waals surface area contributed by atoms with E-state index in [-0.39, 0.29) is 29.9 Å². The minimum atomic E-state index is -0.0655. The second kappa shape index (κ2) is 5.80. The molecule has 6 heteroatoms. The van der Waals surface area contributed by atoms with Gasteiger partial charge in [-0.2, -0.15) is 5.10 Å². The maximum atomic E-state index is 12.7. The van der Waals surface area contributed by atoms with Crippen molar-refractivity contribution in [1.82, 2.24) is 20.4 Å². The van der Waals surface area contributed by atoms with Crippen molar-refractivity contribution >= 4 is 29.2 Å². The number of carbonyl (C=O) groups is 1. The fraction of sp³-hybridized carbons (Fsp3) is 0.529. The van der Waals surface area contributed by atoms with Crippen LogP contribution >= 0.6 is 12.4 Å². The molecule has 0 aliphatic carbocycles. The summed E-state index contributed by atoms with van der Waals surface area (Å²) in [7, 11) is 0. The molecule has 0 spiro atoms. The Morgan fingerprint density at radius 2 is 2.00 bits per heavy atom. The van der Waals surface area contributed by atoms with Crippen molar-refractivity contribution in [3.63, 3.8) is 0 Å². The van der Waals surface area contributed by atoms with Crippen LogP contribution in [0.3, 0.4) is 0 Å². The zero-order chi connectivity index (χ0) is 15.3. The largest absolute Gasteiger partial charge is 0.346 e. The Bertz CT molecular complexity index is 718. The molecule has 124 valence electrons. The number of aromatic amines is 1. The third-order valence-electron chi connectivity index (χ3n) is 5.56. The summed E-state index contributed by atoms with van der Waals surface area (Å²) >= 11 is 0. The lowest BCUT2D eigenvalue weighted by molar-refractivity contribution is -0.0378. The van der Waals surface area contributed by atoms with Crippen LogP contribution in [0.2, 0.25) is 0 Å². The molecule has 2 N–H and O–H groups in total. The van der Waals surface area contributed by atoms with Gasteiger partial charge in [0.25, 0.3) is 5.91 Å². The zero-order valence-electron chi connectivity index (χ0n) is 13.5. The molecule has 1 aromatic heterocycles. The van der Waals surface area contributed by atoms with Gasteiger partial charge < -0.3 is 5.32 Å². The monoisotopic (exact) mass is 334 g/mol. The SMILES string of the molecule is CC1(C)[C@H](NC(=O)c2n[nH]c3ccccc23)C2CCN1CC2.Cl. The van der Waals surface area contributed by atoms with Crippen LogP contribution in [0.5, 0.6) is 0 Å². The molecule has 1 atom stereocenters. The number of para-hydroxylation sites is 1. The predicted molar refractivity (Wildman–Crippen MR) is 93.0 cm³/mol. The number of H-pyrrole nitrogens is 1. The smallest absolute Gasteiger partial charge is 0.272 e. The molecule has 1 aromatic carbocycles. The number of hydrogen-bond acceptors (Lipinski definition) is 3. The van der Waals surface area contributed by atoms with E-state index in [1.807, 2.05) is 24.3 Å². The lowest BCUT2D eigenvalue weighted by Crippen LogP contribution is -2.69. The molecule has 4 heterocycles. The van der Waals surface area contributed by atoms with Gasteiger partial charge in [0, 0.05) is 17.0 Å². The summed E-state index contributed by atoms with van der Waals surface area (Å²) in [5.74, 6) is 0.512. The maximum Gasteiger partial charge on any atom is 0.272 e. The Hall–Kier alpha value is -1.59. The van der Waals surface area contributed by atoms with Crippen molar-refractivity contribution in [1.29, 1.82) is 0 Å². The van der Waals surface area contributed by atoms with Gasteiger partial charge in [-0.1, -0.05) is 18.2 Å². The second-order valence-corrected chi connectivity index (χ2v) is 7.05. The van der Waals surface area contributed by atoms with Crippen LogP contribution in [-0.2, 0) is 0 Å². The number of amides is 1. The molecule has 0 unspecified atom stereocenters. The number of halogens is 1. The van der Waals surface area contributed by atoms with Crippen LogP contribution < -0.4 is 5.32 Å². The summed E-state index contributed by atoms with van der Waals surface area (Å²) in [5.41, 5.74) is 1.42. The van der Waals surface area contributed by atoms with E-state index in [1.165, 1.54) is 12.8 Å². The number of nitrogens with one attached hydrogen (secondary N) is 2. The van der Waals surface area contributed by atoms with Crippen molar-refractivity contribution in [3.8, 4) is 0 Å². The molecule has 3 aliphatic heterocycles. The average molecular weight is 335 g/mol. The number of benzene rings is 1. The summed E-state index contributed by atoms with van der Waals surface area (Å²) in [5, 5.41) is 11.3. The maximum absolute atomic E-state index is 12.7. The van der Waals surface area contributed by atoms with Crippen LogP contribution in [0, 0.1) is 5.92 Å². The van der Waals surface area contributed by atoms with E-state index in [2.05, 4.69) is 34.3 Å². The average Bonchev–Trinajstić information content (AvgIpc) is 2.95. The van der Waals surface area contributed by atoms with E-state index in [0.29, 0.717) is 11.6 Å². The van der Waals surface area contributed by atoms with E-state index in [0.717, 1.165) is 24.0 Å². The molecule has 23 heavy (non-hydrogen) atoms. The summed E-state index contributed by atoms with van der Waals surface area (Å²) < 4.78 is 0. The lowest BCUT2D eigenvalue weighted by Gasteiger charge is -2.56. The van der Waals surface area contributed by atoms with Gasteiger partial charge >= 0.3 is 0 Å². The summed E-state index contributed by atoms with van der Waals surface area (Å²) in [6.07, 6.45) is 2.35. The number of aromatic nitrogens is 2. The zero-order valence-corrected chi connectivity index (χ0v) is 14.3. The third kappa shape index (κ3) is 2.52. The van der Waals surface area contributed by atoms with E-state index >= 15 is 0 Å². The first-order chi connectivity index (χ1) is 10.6. The molecule has 5 nitrogen and oxygen atoms in total. The molecule has 1 amide bonds. The van der Waals surface area contributed by atoms with Crippen molar-refractivity contribution in [2.75, 3.05) is 13.1 Å². The Labute approximate surface area is 142 Å². The normalized spacial score (nSPS) is 28.3. The summed E-state index contributed by atoms with van der Waals surface area (Å²) in [6.45, 7) is 6.78. The highest BCUT2D eigenvalue weighted by atomic mass is 35.5. The second-order valence-electron chi connectivity index (χ2n) is 7.05. The van der Waals surface area contributed by atoms with Crippen molar-refractivity contribution < 1.29 is 4.79 Å². The van der Waals surface area contributed by atoms with Gasteiger partial charge in [0.2, 0.25) is 0 Å².